The van der Waals surface area contributed by atoms with Gasteiger partial charge in [0.1, 0.15) is 5.60 Å². The van der Waals surface area contributed by atoms with E-state index in [2.05, 4.69) is 9.97 Å². The van der Waals surface area contributed by atoms with Crippen molar-refractivity contribution in [3.63, 3.8) is 0 Å². The Bertz CT molecular complexity index is 708. The van der Waals surface area contributed by atoms with Gasteiger partial charge >= 0.3 is 13.2 Å². The molecular formula is C18H28BN3O5. The molecule has 1 N–H and O–H groups in total. The minimum absolute atomic E-state index is 0.0950. The average Bonchev–Trinajstić information content (AvgIpc) is 2.70. The van der Waals surface area contributed by atoms with E-state index in [0.29, 0.717) is 5.46 Å². The highest BCUT2D eigenvalue weighted by Gasteiger charge is 2.52. The van der Waals surface area contributed by atoms with E-state index in [1.807, 2.05) is 27.7 Å². The minimum atomic E-state index is -1.27. The van der Waals surface area contributed by atoms with Gasteiger partial charge in [0.2, 0.25) is 0 Å². The number of amides is 1. The number of ether oxygens (including phenoxy) is 1. The third-order valence-electron chi connectivity index (χ3n) is 5.17. The van der Waals surface area contributed by atoms with Crippen LogP contribution in [-0.4, -0.2) is 63.1 Å². The van der Waals surface area contributed by atoms with Crippen molar-refractivity contribution in [2.75, 3.05) is 13.1 Å². The molecule has 0 spiro atoms. The number of likely N-dealkylation sites (tertiary alicyclic amines) is 1. The Morgan fingerprint density at radius 1 is 1.15 bits per heavy atom. The minimum Gasteiger partial charge on any atom is -0.444 e. The van der Waals surface area contributed by atoms with Gasteiger partial charge in [-0.3, -0.25) is 0 Å². The van der Waals surface area contributed by atoms with Crippen molar-refractivity contribution in [1.82, 2.24) is 14.9 Å². The fourth-order valence-electron chi connectivity index (χ4n) is 2.86. The molecule has 0 aliphatic carbocycles. The van der Waals surface area contributed by atoms with Gasteiger partial charge in [-0.15, -0.1) is 0 Å². The van der Waals surface area contributed by atoms with Crippen molar-refractivity contribution in [2.45, 2.75) is 70.9 Å². The van der Waals surface area contributed by atoms with E-state index in [-0.39, 0.29) is 18.9 Å². The zero-order chi connectivity index (χ0) is 20.3. The summed E-state index contributed by atoms with van der Waals surface area (Å²) in [5.74, 6) is 0.266. The molecule has 1 aromatic rings. The summed E-state index contributed by atoms with van der Waals surface area (Å²) in [6.45, 7) is 13.5. The summed E-state index contributed by atoms with van der Waals surface area (Å²) in [6, 6.07) is 0. The quantitative estimate of drug-likeness (QED) is 0.775. The molecule has 2 saturated heterocycles. The van der Waals surface area contributed by atoms with E-state index in [4.69, 9.17) is 14.0 Å². The number of aromatic nitrogens is 2. The smallest absolute Gasteiger partial charge is 0.444 e. The van der Waals surface area contributed by atoms with E-state index in [9.17, 15) is 9.90 Å². The first-order valence-corrected chi connectivity index (χ1v) is 9.11. The van der Waals surface area contributed by atoms with Crippen LogP contribution in [0.4, 0.5) is 4.79 Å². The van der Waals surface area contributed by atoms with E-state index in [1.165, 1.54) is 4.90 Å². The highest BCUT2D eigenvalue weighted by atomic mass is 16.7. The molecule has 0 bridgehead atoms. The SMILES string of the molecule is CC(C)(C)OC(=O)N1CC(O)(c2ncc(B3OC(C)(C)C(C)(C)O3)cn2)C1. The molecule has 2 aliphatic rings. The fourth-order valence-corrected chi connectivity index (χ4v) is 2.86. The molecule has 3 heterocycles. The molecule has 0 aromatic carbocycles. The van der Waals surface area contributed by atoms with Gasteiger partial charge in [-0.05, 0) is 48.5 Å². The second kappa shape index (κ2) is 6.15. The Labute approximate surface area is 160 Å². The molecule has 1 amide bonds. The van der Waals surface area contributed by atoms with Gasteiger partial charge in [-0.1, -0.05) is 0 Å². The Morgan fingerprint density at radius 2 is 1.63 bits per heavy atom. The molecular weight excluding hydrogens is 349 g/mol. The standard InChI is InChI=1S/C18H28BN3O5/c1-15(2,3)25-14(23)22-10-18(24,11-22)13-20-8-12(9-21-13)19-26-16(4,5)17(6,7)27-19/h8-9,24H,10-11H2,1-7H3. The highest BCUT2D eigenvalue weighted by Crippen LogP contribution is 2.36. The van der Waals surface area contributed by atoms with E-state index >= 15 is 0 Å². The molecule has 9 heteroatoms. The summed E-state index contributed by atoms with van der Waals surface area (Å²) >= 11 is 0. The zero-order valence-corrected chi connectivity index (χ0v) is 17.1. The van der Waals surface area contributed by atoms with Gasteiger partial charge in [0, 0.05) is 17.9 Å². The van der Waals surface area contributed by atoms with Crippen molar-refractivity contribution >= 4 is 18.7 Å². The van der Waals surface area contributed by atoms with Crippen molar-refractivity contribution in [3.8, 4) is 0 Å². The lowest BCUT2D eigenvalue weighted by Gasteiger charge is -2.45. The largest absolute Gasteiger partial charge is 0.498 e. The summed E-state index contributed by atoms with van der Waals surface area (Å²) in [5.41, 5.74) is -2.06. The summed E-state index contributed by atoms with van der Waals surface area (Å²) in [4.78, 5) is 22.0. The van der Waals surface area contributed by atoms with Gasteiger partial charge in [0.15, 0.2) is 11.4 Å². The third kappa shape index (κ3) is 3.81. The van der Waals surface area contributed by atoms with Crippen LogP contribution < -0.4 is 5.46 Å². The summed E-state index contributed by atoms with van der Waals surface area (Å²) in [5, 5.41) is 10.7. The average molecular weight is 377 g/mol. The predicted octanol–water partition coefficient (Wildman–Crippen LogP) is 1.21. The van der Waals surface area contributed by atoms with Gasteiger partial charge in [0.25, 0.3) is 0 Å². The Balaban J connectivity index is 1.64. The maximum Gasteiger partial charge on any atom is 0.498 e. The molecule has 8 nitrogen and oxygen atoms in total. The summed E-state index contributed by atoms with van der Waals surface area (Å²) < 4.78 is 17.3. The van der Waals surface area contributed by atoms with Crippen molar-refractivity contribution in [3.05, 3.63) is 18.2 Å². The normalized spacial score (nSPS) is 23.1. The van der Waals surface area contributed by atoms with Gasteiger partial charge < -0.3 is 24.1 Å². The molecule has 2 aliphatic heterocycles. The first kappa shape index (κ1) is 20.0. The van der Waals surface area contributed by atoms with Crippen molar-refractivity contribution in [2.24, 2.45) is 0 Å². The van der Waals surface area contributed by atoms with E-state index < -0.39 is 35.6 Å². The van der Waals surface area contributed by atoms with Crippen LogP contribution in [0.5, 0.6) is 0 Å². The van der Waals surface area contributed by atoms with Crippen molar-refractivity contribution < 1.29 is 23.9 Å². The lowest BCUT2D eigenvalue weighted by Crippen LogP contribution is -2.62. The molecule has 2 fully saturated rings. The maximum absolute atomic E-state index is 12.0. The molecule has 148 valence electrons. The second-order valence-corrected chi connectivity index (χ2v) is 9.30. The molecule has 0 atom stereocenters. The predicted molar refractivity (Wildman–Crippen MR) is 99.5 cm³/mol. The second-order valence-electron chi connectivity index (χ2n) is 9.30. The van der Waals surface area contributed by atoms with E-state index in [0.717, 1.165) is 0 Å². The van der Waals surface area contributed by atoms with Gasteiger partial charge in [-0.2, -0.15) is 0 Å². The zero-order valence-electron chi connectivity index (χ0n) is 17.1. The van der Waals surface area contributed by atoms with Crippen LogP contribution in [0.3, 0.4) is 0 Å². The lowest BCUT2D eigenvalue weighted by molar-refractivity contribution is -0.108. The number of carbonyl (C=O) groups is 1. The number of aliphatic hydroxyl groups is 1. The first-order valence-electron chi connectivity index (χ1n) is 9.11. The number of nitrogens with zero attached hydrogens (tertiary/aromatic N) is 3. The van der Waals surface area contributed by atoms with Crippen LogP contribution in [0.15, 0.2) is 12.4 Å². The number of hydrogen-bond donors (Lipinski definition) is 1. The van der Waals surface area contributed by atoms with E-state index in [1.54, 1.807) is 33.2 Å². The molecule has 0 saturated carbocycles. The molecule has 1 aromatic heterocycles. The van der Waals surface area contributed by atoms with Crippen LogP contribution in [-0.2, 0) is 19.6 Å². The van der Waals surface area contributed by atoms with Gasteiger partial charge in [0.05, 0.1) is 24.3 Å². The Morgan fingerprint density at radius 3 is 2.07 bits per heavy atom. The van der Waals surface area contributed by atoms with Crippen LogP contribution in [0, 0.1) is 0 Å². The van der Waals surface area contributed by atoms with Gasteiger partial charge in [-0.25, -0.2) is 14.8 Å². The summed E-state index contributed by atoms with van der Waals surface area (Å²) in [6.07, 6.45) is 2.73. The maximum atomic E-state index is 12.0. The third-order valence-corrected chi connectivity index (χ3v) is 5.17. The topological polar surface area (TPSA) is 94.0 Å². The lowest BCUT2D eigenvalue weighted by atomic mass is 9.81. The number of hydrogen-bond acceptors (Lipinski definition) is 7. The molecule has 0 unspecified atom stereocenters. The number of rotatable bonds is 2. The first-order chi connectivity index (χ1) is 12.2. The Hall–Kier alpha value is -1.71. The highest BCUT2D eigenvalue weighted by molar-refractivity contribution is 6.61. The van der Waals surface area contributed by atoms with Crippen LogP contribution in [0.2, 0.25) is 0 Å². The van der Waals surface area contributed by atoms with Crippen LogP contribution in [0.25, 0.3) is 0 Å². The summed E-state index contributed by atoms with van der Waals surface area (Å²) in [7, 11) is -0.557. The van der Waals surface area contributed by atoms with Crippen LogP contribution >= 0.6 is 0 Å². The number of carbonyl (C=O) groups excluding carboxylic acids is 1. The number of β-amino-alcohol motifs (C(OH)–C–C–N with tert-alkyl or cyclic N) is 1. The van der Waals surface area contributed by atoms with Crippen molar-refractivity contribution in [1.29, 1.82) is 0 Å². The molecule has 0 radical (unpaired) electrons. The molecule has 3 rings (SSSR count). The molecule has 27 heavy (non-hydrogen) atoms. The van der Waals surface area contributed by atoms with Crippen LogP contribution in [0.1, 0.15) is 54.3 Å². The fraction of sp³-hybridized carbons (Fsp3) is 0.722. The monoisotopic (exact) mass is 377 g/mol. The Kier molecular flexibility index (Phi) is 4.57.